The summed E-state index contributed by atoms with van der Waals surface area (Å²) in [7, 11) is 1.44. The highest BCUT2D eigenvalue weighted by Crippen LogP contribution is 2.34. The van der Waals surface area contributed by atoms with E-state index in [0.29, 0.717) is 5.75 Å². The minimum Gasteiger partial charge on any atom is -0.496 e. The van der Waals surface area contributed by atoms with Gasteiger partial charge in [-0.1, -0.05) is 29.3 Å². The van der Waals surface area contributed by atoms with Crippen LogP contribution >= 0.6 is 23.2 Å². The van der Waals surface area contributed by atoms with Gasteiger partial charge < -0.3 is 4.74 Å². The van der Waals surface area contributed by atoms with Crippen molar-refractivity contribution in [3.63, 3.8) is 0 Å². The van der Waals surface area contributed by atoms with E-state index in [9.17, 15) is 4.39 Å². The van der Waals surface area contributed by atoms with Gasteiger partial charge in [0.1, 0.15) is 16.4 Å². The van der Waals surface area contributed by atoms with E-state index >= 15 is 0 Å². The Hall–Kier alpha value is -0.470. The molecule has 0 saturated carbocycles. The molecule has 0 N–H and O–H groups in total. The first kappa shape index (κ1) is 9.62. The van der Waals surface area contributed by atoms with Gasteiger partial charge in [-0.15, -0.1) is 0 Å². The van der Waals surface area contributed by atoms with E-state index in [0.717, 1.165) is 0 Å². The zero-order valence-electron chi connectivity index (χ0n) is 6.35. The normalized spacial score (nSPS) is 10.4. The van der Waals surface area contributed by atoms with Crippen molar-refractivity contribution in [2.24, 2.45) is 0 Å². The summed E-state index contributed by atoms with van der Waals surface area (Å²) in [6.07, 6.45) is 0. The van der Waals surface area contributed by atoms with E-state index in [-0.39, 0.29) is 5.56 Å². The van der Waals surface area contributed by atoms with Gasteiger partial charge in [0.15, 0.2) is 0 Å². The van der Waals surface area contributed by atoms with Gasteiger partial charge in [0.05, 0.1) is 12.7 Å². The predicted molar refractivity (Wildman–Crippen MR) is 47.4 cm³/mol. The fourth-order valence-corrected chi connectivity index (χ4v) is 1.33. The molecule has 1 aromatic carbocycles. The monoisotopic (exact) mass is 208 g/mol. The Morgan fingerprint density at radius 1 is 1.42 bits per heavy atom. The number of ether oxygens (including phenoxy) is 1. The fourth-order valence-electron chi connectivity index (χ4n) is 0.907. The molecule has 1 aromatic rings. The Bertz CT molecular complexity index is 276. The molecular formula is C8H7Cl2FO. The van der Waals surface area contributed by atoms with Gasteiger partial charge in [-0.2, -0.15) is 0 Å². The van der Waals surface area contributed by atoms with Crippen LogP contribution in [0.25, 0.3) is 0 Å². The second-order valence-electron chi connectivity index (χ2n) is 2.16. The van der Waals surface area contributed by atoms with Gasteiger partial charge in [-0.3, -0.25) is 0 Å². The van der Waals surface area contributed by atoms with Crippen LogP contribution in [0, 0.1) is 5.82 Å². The third kappa shape index (κ3) is 1.82. The standard InChI is InChI=1S/C8H7Cl2FO/c1-12-6-4-2-3-5(11)7(6)8(9)10/h2-4,8H,1H3. The molecular weight excluding hydrogens is 202 g/mol. The summed E-state index contributed by atoms with van der Waals surface area (Å²) in [5.41, 5.74) is 0.184. The van der Waals surface area contributed by atoms with Crippen molar-refractivity contribution in [1.29, 1.82) is 0 Å². The van der Waals surface area contributed by atoms with Crippen LogP contribution in [0.3, 0.4) is 0 Å². The molecule has 0 aromatic heterocycles. The highest BCUT2D eigenvalue weighted by atomic mass is 35.5. The average Bonchev–Trinajstić information content (AvgIpc) is 2.03. The van der Waals surface area contributed by atoms with E-state index in [2.05, 4.69) is 0 Å². The summed E-state index contributed by atoms with van der Waals surface area (Å²) >= 11 is 11.1. The summed E-state index contributed by atoms with van der Waals surface area (Å²) in [5.74, 6) is -0.0886. The zero-order chi connectivity index (χ0) is 9.14. The number of methoxy groups -OCH3 is 1. The first-order valence-corrected chi connectivity index (χ1v) is 4.14. The van der Waals surface area contributed by atoms with Crippen LogP contribution in [-0.2, 0) is 0 Å². The van der Waals surface area contributed by atoms with Crippen molar-refractivity contribution in [3.8, 4) is 5.75 Å². The molecule has 0 amide bonds. The quantitative estimate of drug-likeness (QED) is 0.679. The van der Waals surface area contributed by atoms with Crippen molar-refractivity contribution in [1.82, 2.24) is 0 Å². The lowest BCUT2D eigenvalue weighted by atomic mass is 10.2. The molecule has 0 bridgehead atoms. The van der Waals surface area contributed by atoms with Crippen molar-refractivity contribution < 1.29 is 9.13 Å². The largest absolute Gasteiger partial charge is 0.496 e. The van der Waals surface area contributed by atoms with Gasteiger partial charge in [-0.25, -0.2) is 4.39 Å². The predicted octanol–water partition coefficient (Wildman–Crippen LogP) is 3.31. The number of halogens is 3. The summed E-state index contributed by atoms with van der Waals surface area (Å²) in [6, 6.07) is 4.43. The summed E-state index contributed by atoms with van der Waals surface area (Å²) < 4.78 is 17.9. The second-order valence-corrected chi connectivity index (χ2v) is 3.25. The molecule has 0 aliphatic rings. The lowest BCUT2D eigenvalue weighted by Gasteiger charge is -2.08. The molecule has 66 valence electrons. The third-order valence-electron chi connectivity index (χ3n) is 1.45. The number of rotatable bonds is 2. The van der Waals surface area contributed by atoms with Crippen LogP contribution in [0.4, 0.5) is 4.39 Å². The lowest BCUT2D eigenvalue weighted by molar-refractivity contribution is 0.406. The molecule has 12 heavy (non-hydrogen) atoms. The fraction of sp³-hybridized carbons (Fsp3) is 0.250. The molecule has 0 unspecified atom stereocenters. The molecule has 0 spiro atoms. The molecule has 0 fully saturated rings. The van der Waals surface area contributed by atoms with Crippen molar-refractivity contribution in [2.75, 3.05) is 7.11 Å². The minimum absolute atomic E-state index is 0.184. The molecule has 0 aliphatic carbocycles. The van der Waals surface area contributed by atoms with Gasteiger partial charge >= 0.3 is 0 Å². The first-order chi connectivity index (χ1) is 5.66. The second kappa shape index (κ2) is 3.97. The highest BCUT2D eigenvalue weighted by Gasteiger charge is 2.15. The van der Waals surface area contributed by atoms with E-state index in [1.54, 1.807) is 6.07 Å². The molecule has 1 nitrogen and oxygen atoms in total. The van der Waals surface area contributed by atoms with Gasteiger partial charge in [0.25, 0.3) is 0 Å². The van der Waals surface area contributed by atoms with Crippen LogP contribution in [0.15, 0.2) is 18.2 Å². The van der Waals surface area contributed by atoms with Gasteiger partial charge in [0, 0.05) is 0 Å². The van der Waals surface area contributed by atoms with E-state index in [4.69, 9.17) is 27.9 Å². The Morgan fingerprint density at radius 2 is 2.08 bits per heavy atom. The Labute approximate surface area is 80.0 Å². The maximum atomic E-state index is 13.0. The van der Waals surface area contributed by atoms with E-state index in [1.165, 1.54) is 19.2 Å². The number of benzene rings is 1. The molecule has 0 heterocycles. The minimum atomic E-state index is -0.902. The molecule has 4 heteroatoms. The average molecular weight is 209 g/mol. The molecule has 0 aliphatic heterocycles. The molecule has 1 rings (SSSR count). The van der Waals surface area contributed by atoms with Crippen LogP contribution in [-0.4, -0.2) is 7.11 Å². The van der Waals surface area contributed by atoms with E-state index < -0.39 is 10.7 Å². The lowest BCUT2D eigenvalue weighted by Crippen LogP contribution is -1.94. The number of hydrogen-bond donors (Lipinski definition) is 0. The zero-order valence-corrected chi connectivity index (χ0v) is 7.86. The molecule has 0 atom stereocenters. The number of hydrogen-bond acceptors (Lipinski definition) is 1. The Morgan fingerprint density at radius 3 is 2.50 bits per heavy atom. The smallest absolute Gasteiger partial charge is 0.139 e. The highest BCUT2D eigenvalue weighted by molar-refractivity contribution is 6.44. The summed E-state index contributed by atoms with van der Waals surface area (Å²) in [5, 5.41) is 0. The van der Waals surface area contributed by atoms with Crippen molar-refractivity contribution in [2.45, 2.75) is 4.84 Å². The Balaban J connectivity index is 3.20. The third-order valence-corrected chi connectivity index (χ3v) is 1.89. The molecule has 0 radical (unpaired) electrons. The van der Waals surface area contributed by atoms with Crippen molar-refractivity contribution >= 4 is 23.2 Å². The maximum absolute atomic E-state index is 13.0. The topological polar surface area (TPSA) is 9.23 Å². The van der Waals surface area contributed by atoms with Crippen LogP contribution in [0.1, 0.15) is 10.4 Å². The SMILES string of the molecule is COc1cccc(F)c1C(Cl)Cl. The molecule has 0 saturated heterocycles. The van der Waals surface area contributed by atoms with Gasteiger partial charge in [-0.05, 0) is 12.1 Å². The number of alkyl halides is 2. The summed E-state index contributed by atoms with van der Waals surface area (Å²) in [4.78, 5) is -0.902. The summed E-state index contributed by atoms with van der Waals surface area (Å²) in [6.45, 7) is 0. The Kier molecular flexibility index (Phi) is 3.18. The van der Waals surface area contributed by atoms with Crippen LogP contribution in [0.2, 0.25) is 0 Å². The van der Waals surface area contributed by atoms with Crippen molar-refractivity contribution in [3.05, 3.63) is 29.6 Å². The maximum Gasteiger partial charge on any atom is 0.139 e. The van der Waals surface area contributed by atoms with Gasteiger partial charge in [0.2, 0.25) is 0 Å². The van der Waals surface area contributed by atoms with E-state index in [1.807, 2.05) is 0 Å². The first-order valence-electron chi connectivity index (χ1n) is 3.27. The van der Waals surface area contributed by atoms with Crippen LogP contribution in [0.5, 0.6) is 5.75 Å². The van der Waals surface area contributed by atoms with Crippen LogP contribution < -0.4 is 4.74 Å².